The first-order chi connectivity index (χ1) is 15.2. The van der Waals surface area contributed by atoms with Gasteiger partial charge in [0.05, 0.1) is 32.0 Å². The Morgan fingerprint density at radius 1 is 1.10 bits per heavy atom. The summed E-state index contributed by atoms with van der Waals surface area (Å²) in [6.07, 6.45) is 6.76. The molecule has 0 radical (unpaired) electrons. The maximum absolute atomic E-state index is 10.1. The highest BCUT2D eigenvalue weighted by Gasteiger charge is 2.29. The third-order valence-corrected chi connectivity index (χ3v) is 6.53. The van der Waals surface area contributed by atoms with E-state index in [9.17, 15) is 10.2 Å². The highest BCUT2D eigenvalue weighted by atomic mass is 16.5. The van der Waals surface area contributed by atoms with E-state index in [-0.39, 0.29) is 18.8 Å². The van der Waals surface area contributed by atoms with Crippen LogP contribution in [-0.2, 0) is 24.0 Å². The molecule has 31 heavy (non-hydrogen) atoms. The number of methoxy groups -OCH3 is 1. The van der Waals surface area contributed by atoms with E-state index in [0.717, 1.165) is 43.5 Å². The van der Waals surface area contributed by atoms with Crippen molar-refractivity contribution < 1.29 is 19.7 Å². The van der Waals surface area contributed by atoms with Crippen molar-refractivity contribution in [1.82, 2.24) is 0 Å². The lowest BCUT2D eigenvalue weighted by Gasteiger charge is -2.32. The fraction of sp³-hybridized carbons (Fsp3) is 0.538. The van der Waals surface area contributed by atoms with Gasteiger partial charge in [0, 0.05) is 25.1 Å². The first-order valence-corrected chi connectivity index (χ1v) is 11.6. The molecule has 5 heteroatoms. The molecule has 0 amide bonds. The zero-order valence-electron chi connectivity index (χ0n) is 18.5. The quantitative estimate of drug-likeness (QED) is 0.553. The predicted octanol–water partition coefficient (Wildman–Crippen LogP) is 4.19. The van der Waals surface area contributed by atoms with E-state index in [1.807, 2.05) is 12.1 Å². The Balaban J connectivity index is 1.36. The first kappa shape index (κ1) is 22.1. The van der Waals surface area contributed by atoms with Crippen LogP contribution in [0.15, 0.2) is 36.4 Å². The number of aliphatic hydroxyl groups excluding tert-OH is 2. The van der Waals surface area contributed by atoms with Crippen LogP contribution < -0.4 is 10.1 Å². The van der Waals surface area contributed by atoms with Gasteiger partial charge < -0.3 is 25.0 Å². The molecule has 2 aromatic rings. The number of ether oxygens (including phenoxy) is 2. The van der Waals surface area contributed by atoms with E-state index in [4.69, 9.17) is 9.47 Å². The Hall–Kier alpha value is -2.08. The molecule has 2 heterocycles. The molecule has 3 unspecified atom stereocenters. The number of anilines is 1. The van der Waals surface area contributed by atoms with Crippen molar-refractivity contribution in [2.75, 3.05) is 25.6 Å². The van der Waals surface area contributed by atoms with Crippen molar-refractivity contribution in [2.45, 2.75) is 69.7 Å². The van der Waals surface area contributed by atoms with Crippen molar-refractivity contribution in [2.24, 2.45) is 0 Å². The van der Waals surface area contributed by atoms with Crippen molar-refractivity contribution in [3.8, 4) is 5.75 Å². The van der Waals surface area contributed by atoms with E-state index in [1.165, 1.54) is 35.2 Å². The molecule has 3 N–H and O–H groups in total. The van der Waals surface area contributed by atoms with Gasteiger partial charge in [-0.25, -0.2) is 0 Å². The summed E-state index contributed by atoms with van der Waals surface area (Å²) in [6, 6.07) is 13.0. The van der Waals surface area contributed by atoms with E-state index in [2.05, 4.69) is 29.6 Å². The molecule has 4 rings (SSSR count). The maximum Gasteiger partial charge on any atom is 0.122 e. The van der Waals surface area contributed by atoms with E-state index >= 15 is 0 Å². The molecule has 2 aliphatic rings. The number of unbranched alkanes of at least 4 members (excludes halogenated alkanes) is 1. The lowest BCUT2D eigenvalue weighted by molar-refractivity contribution is -0.113. The monoisotopic (exact) mass is 425 g/mol. The zero-order valence-corrected chi connectivity index (χ0v) is 18.5. The van der Waals surface area contributed by atoms with Gasteiger partial charge in [0.1, 0.15) is 5.75 Å². The van der Waals surface area contributed by atoms with Gasteiger partial charge in [-0.2, -0.15) is 0 Å². The number of nitrogens with one attached hydrogen (secondary N) is 1. The number of fused-ring (bicyclic) bond motifs is 1. The van der Waals surface area contributed by atoms with Crippen LogP contribution in [-0.4, -0.2) is 42.7 Å². The Morgan fingerprint density at radius 2 is 1.97 bits per heavy atom. The summed E-state index contributed by atoms with van der Waals surface area (Å²) in [5, 5.41) is 23.1. The van der Waals surface area contributed by atoms with Crippen LogP contribution in [0.1, 0.15) is 60.5 Å². The number of hydrogen-bond acceptors (Lipinski definition) is 5. The Labute approximate surface area is 185 Å². The summed E-state index contributed by atoms with van der Waals surface area (Å²) < 4.78 is 11.6. The minimum atomic E-state index is -0.437. The molecule has 1 fully saturated rings. The van der Waals surface area contributed by atoms with Crippen molar-refractivity contribution in [3.05, 3.63) is 58.7 Å². The molecule has 2 aromatic carbocycles. The van der Waals surface area contributed by atoms with Gasteiger partial charge in [-0.15, -0.1) is 0 Å². The van der Waals surface area contributed by atoms with Crippen molar-refractivity contribution in [3.63, 3.8) is 0 Å². The standard InChI is InChI=1S/C26H35NO4/c1-30-25-11-10-21(26-16-22(29)15-23(17-28)31-26)14-20(25)6-3-2-5-18-8-9-19-7-4-12-27-24(19)13-18/h8-11,13-14,22-23,26-29H,2-7,12,15-17H2,1H3. The highest BCUT2D eigenvalue weighted by molar-refractivity contribution is 5.54. The summed E-state index contributed by atoms with van der Waals surface area (Å²) in [5.74, 6) is 0.900. The molecule has 3 atom stereocenters. The minimum absolute atomic E-state index is 0.0607. The molecule has 0 bridgehead atoms. The Bertz CT molecular complexity index is 868. The van der Waals surface area contributed by atoms with Gasteiger partial charge in [0.25, 0.3) is 0 Å². The first-order valence-electron chi connectivity index (χ1n) is 11.6. The summed E-state index contributed by atoms with van der Waals surface area (Å²) in [7, 11) is 1.71. The van der Waals surface area contributed by atoms with E-state index < -0.39 is 6.10 Å². The topological polar surface area (TPSA) is 71.0 Å². The van der Waals surface area contributed by atoms with Crippen LogP contribution in [0.4, 0.5) is 5.69 Å². The molecule has 168 valence electrons. The summed E-state index contributed by atoms with van der Waals surface area (Å²) in [4.78, 5) is 0. The van der Waals surface area contributed by atoms with Gasteiger partial charge in [0.2, 0.25) is 0 Å². The zero-order chi connectivity index (χ0) is 21.6. The molecule has 1 saturated heterocycles. The second kappa shape index (κ2) is 10.5. The van der Waals surface area contributed by atoms with Crippen LogP contribution in [0.5, 0.6) is 5.75 Å². The van der Waals surface area contributed by atoms with Crippen LogP contribution in [0.3, 0.4) is 0 Å². The third kappa shape index (κ3) is 5.59. The van der Waals surface area contributed by atoms with E-state index in [0.29, 0.717) is 12.8 Å². The number of aryl methyl sites for hydroxylation is 3. The predicted molar refractivity (Wildman–Crippen MR) is 123 cm³/mol. The molecule has 0 aliphatic carbocycles. The number of rotatable bonds is 8. The lowest BCUT2D eigenvalue weighted by atomic mass is 9.93. The van der Waals surface area contributed by atoms with Crippen LogP contribution >= 0.6 is 0 Å². The average Bonchev–Trinajstić information content (AvgIpc) is 2.81. The third-order valence-electron chi connectivity index (χ3n) is 6.53. The summed E-state index contributed by atoms with van der Waals surface area (Å²) in [6.45, 7) is 1.02. The molecule has 0 spiro atoms. The molecular weight excluding hydrogens is 390 g/mol. The van der Waals surface area contributed by atoms with Crippen LogP contribution in [0.2, 0.25) is 0 Å². The number of benzene rings is 2. The smallest absolute Gasteiger partial charge is 0.122 e. The van der Waals surface area contributed by atoms with Gasteiger partial charge in [-0.1, -0.05) is 18.2 Å². The van der Waals surface area contributed by atoms with Gasteiger partial charge >= 0.3 is 0 Å². The SMILES string of the molecule is COc1ccc(C2CC(O)CC(CO)O2)cc1CCCCc1ccc2c(c1)NCCC2. The number of hydrogen-bond donors (Lipinski definition) is 3. The Kier molecular flexibility index (Phi) is 7.49. The van der Waals surface area contributed by atoms with E-state index in [1.54, 1.807) is 7.11 Å². The average molecular weight is 426 g/mol. The molecule has 5 nitrogen and oxygen atoms in total. The summed E-state index contributed by atoms with van der Waals surface area (Å²) >= 11 is 0. The second-order valence-electron chi connectivity index (χ2n) is 8.85. The van der Waals surface area contributed by atoms with Gasteiger partial charge in [-0.3, -0.25) is 0 Å². The molecular formula is C26H35NO4. The minimum Gasteiger partial charge on any atom is -0.496 e. The normalized spacial score (nSPS) is 23.1. The van der Waals surface area contributed by atoms with Crippen molar-refractivity contribution >= 4 is 5.69 Å². The second-order valence-corrected chi connectivity index (χ2v) is 8.85. The van der Waals surface area contributed by atoms with Gasteiger partial charge in [0.15, 0.2) is 0 Å². The van der Waals surface area contributed by atoms with Crippen LogP contribution in [0, 0.1) is 0 Å². The summed E-state index contributed by atoms with van der Waals surface area (Å²) in [5.41, 5.74) is 6.38. The molecule has 0 aromatic heterocycles. The Morgan fingerprint density at radius 3 is 2.81 bits per heavy atom. The molecule has 2 aliphatic heterocycles. The fourth-order valence-electron chi connectivity index (χ4n) is 4.82. The lowest BCUT2D eigenvalue weighted by Crippen LogP contribution is -2.33. The molecule has 0 saturated carbocycles. The van der Waals surface area contributed by atoms with Crippen LogP contribution in [0.25, 0.3) is 0 Å². The van der Waals surface area contributed by atoms with Gasteiger partial charge in [-0.05, 0) is 79.0 Å². The maximum atomic E-state index is 10.1. The fourth-order valence-corrected chi connectivity index (χ4v) is 4.82. The van der Waals surface area contributed by atoms with Crippen molar-refractivity contribution in [1.29, 1.82) is 0 Å². The largest absolute Gasteiger partial charge is 0.496 e. The number of aliphatic hydroxyl groups is 2. The highest BCUT2D eigenvalue weighted by Crippen LogP contribution is 2.34.